The van der Waals surface area contributed by atoms with Crippen molar-refractivity contribution in [2.45, 2.75) is 13.8 Å². The Labute approximate surface area is 119 Å². The van der Waals surface area contributed by atoms with E-state index in [1.807, 2.05) is 19.1 Å². The number of carbonyl (C=O) groups excluding carboxylic acids is 1. The molecule has 0 unspecified atom stereocenters. The minimum atomic E-state index is -0.332. The fourth-order valence-corrected chi connectivity index (χ4v) is 2.17. The van der Waals surface area contributed by atoms with Gasteiger partial charge in [0, 0.05) is 15.7 Å². The van der Waals surface area contributed by atoms with Crippen LogP contribution in [0.4, 0.5) is 10.1 Å². The average molecular weight is 322 g/mol. The minimum absolute atomic E-state index is 0.260. The highest BCUT2D eigenvalue weighted by Crippen LogP contribution is 2.22. The van der Waals surface area contributed by atoms with Crippen LogP contribution in [-0.4, -0.2) is 5.91 Å². The molecule has 0 aliphatic heterocycles. The summed E-state index contributed by atoms with van der Waals surface area (Å²) in [5.41, 5.74) is 2.44. The molecule has 2 nitrogen and oxygen atoms in total. The van der Waals surface area contributed by atoms with E-state index in [9.17, 15) is 9.18 Å². The van der Waals surface area contributed by atoms with E-state index >= 15 is 0 Å². The molecule has 1 N–H and O–H groups in total. The van der Waals surface area contributed by atoms with Crippen LogP contribution in [0.3, 0.4) is 0 Å². The zero-order valence-corrected chi connectivity index (χ0v) is 12.2. The molecule has 0 saturated carbocycles. The number of rotatable bonds is 2. The number of amides is 1. The van der Waals surface area contributed by atoms with Crippen LogP contribution in [0.25, 0.3) is 0 Å². The maximum absolute atomic E-state index is 13.4. The highest BCUT2D eigenvalue weighted by Gasteiger charge is 2.12. The van der Waals surface area contributed by atoms with Crippen molar-refractivity contribution < 1.29 is 9.18 Å². The second-order valence-corrected chi connectivity index (χ2v) is 5.20. The number of aryl methyl sites for hydroxylation is 1. The zero-order chi connectivity index (χ0) is 14.0. The Kier molecular flexibility index (Phi) is 4.00. The number of nitrogens with one attached hydrogen (secondary N) is 1. The maximum Gasteiger partial charge on any atom is 0.256 e. The molecule has 4 heteroatoms. The monoisotopic (exact) mass is 321 g/mol. The molecule has 2 aromatic rings. The topological polar surface area (TPSA) is 29.1 Å². The quantitative estimate of drug-likeness (QED) is 0.869. The van der Waals surface area contributed by atoms with E-state index in [0.717, 1.165) is 5.56 Å². The first-order valence-electron chi connectivity index (χ1n) is 5.81. The maximum atomic E-state index is 13.4. The first kappa shape index (κ1) is 13.7. The third-order valence-electron chi connectivity index (χ3n) is 2.88. The summed E-state index contributed by atoms with van der Waals surface area (Å²) < 4.78 is 14.1. The van der Waals surface area contributed by atoms with E-state index in [1.165, 1.54) is 6.07 Å². The molecule has 0 spiro atoms. The summed E-state index contributed by atoms with van der Waals surface area (Å²) >= 11 is 3.34. The Morgan fingerprint density at radius 1 is 1.21 bits per heavy atom. The highest BCUT2D eigenvalue weighted by molar-refractivity contribution is 9.10. The van der Waals surface area contributed by atoms with Gasteiger partial charge in [-0.1, -0.05) is 17.7 Å². The fraction of sp³-hybridized carbons (Fsp3) is 0.133. The van der Waals surface area contributed by atoms with Gasteiger partial charge in [-0.3, -0.25) is 4.79 Å². The average Bonchev–Trinajstić information content (AvgIpc) is 2.38. The fourth-order valence-electron chi connectivity index (χ4n) is 1.75. The molecule has 0 saturated heterocycles. The Balaban J connectivity index is 2.31. The van der Waals surface area contributed by atoms with Crippen molar-refractivity contribution in [1.29, 1.82) is 0 Å². The predicted molar refractivity (Wildman–Crippen MR) is 78.0 cm³/mol. The molecular weight excluding hydrogens is 309 g/mol. The summed E-state index contributed by atoms with van der Waals surface area (Å²) in [6.07, 6.45) is 0. The van der Waals surface area contributed by atoms with Crippen molar-refractivity contribution in [2.75, 3.05) is 5.32 Å². The van der Waals surface area contributed by atoms with Gasteiger partial charge in [-0.05, 0) is 54.0 Å². The van der Waals surface area contributed by atoms with Crippen molar-refractivity contribution in [3.05, 3.63) is 63.4 Å². The molecule has 0 atom stereocenters. The zero-order valence-electron chi connectivity index (χ0n) is 10.6. The van der Waals surface area contributed by atoms with E-state index in [0.29, 0.717) is 21.3 Å². The van der Waals surface area contributed by atoms with Crippen LogP contribution in [0.2, 0.25) is 0 Å². The molecule has 98 valence electrons. The Bertz CT molecular complexity index is 640. The van der Waals surface area contributed by atoms with Crippen LogP contribution < -0.4 is 5.32 Å². The van der Waals surface area contributed by atoms with Gasteiger partial charge in [-0.2, -0.15) is 0 Å². The second kappa shape index (κ2) is 5.53. The van der Waals surface area contributed by atoms with E-state index < -0.39 is 0 Å². The molecule has 19 heavy (non-hydrogen) atoms. The van der Waals surface area contributed by atoms with Crippen LogP contribution in [0.5, 0.6) is 0 Å². The number of anilines is 1. The molecule has 2 aromatic carbocycles. The summed E-state index contributed by atoms with van der Waals surface area (Å²) in [6.45, 7) is 3.55. The molecule has 1 amide bonds. The van der Waals surface area contributed by atoms with Gasteiger partial charge >= 0.3 is 0 Å². The first-order valence-corrected chi connectivity index (χ1v) is 6.61. The number of hydrogen-bond donors (Lipinski definition) is 1. The van der Waals surface area contributed by atoms with Crippen molar-refractivity contribution >= 4 is 27.5 Å². The lowest BCUT2D eigenvalue weighted by atomic mass is 10.1. The summed E-state index contributed by atoms with van der Waals surface area (Å²) in [6, 6.07) is 10.1. The Morgan fingerprint density at radius 3 is 2.68 bits per heavy atom. The number of halogens is 2. The molecular formula is C15H13BrFNO. The molecule has 0 heterocycles. The van der Waals surface area contributed by atoms with Crippen LogP contribution in [0.1, 0.15) is 21.5 Å². The Hall–Kier alpha value is -1.68. The van der Waals surface area contributed by atoms with E-state index in [-0.39, 0.29) is 11.7 Å². The second-order valence-electron chi connectivity index (χ2n) is 4.35. The summed E-state index contributed by atoms with van der Waals surface area (Å²) in [5, 5.41) is 2.73. The molecule has 0 bridgehead atoms. The SMILES string of the molecule is Cc1ccc(Br)c(C(=O)Nc2cccc(F)c2C)c1. The summed E-state index contributed by atoms with van der Waals surface area (Å²) in [4.78, 5) is 12.2. The van der Waals surface area contributed by atoms with Gasteiger partial charge in [0.25, 0.3) is 5.91 Å². The van der Waals surface area contributed by atoms with Crippen molar-refractivity contribution in [3.63, 3.8) is 0 Å². The van der Waals surface area contributed by atoms with Crippen molar-refractivity contribution in [2.24, 2.45) is 0 Å². The molecule has 0 fully saturated rings. The van der Waals surface area contributed by atoms with Crippen molar-refractivity contribution in [3.8, 4) is 0 Å². The number of hydrogen-bond acceptors (Lipinski definition) is 1. The highest BCUT2D eigenvalue weighted by atomic mass is 79.9. The van der Waals surface area contributed by atoms with Gasteiger partial charge < -0.3 is 5.32 Å². The van der Waals surface area contributed by atoms with Crippen LogP contribution in [-0.2, 0) is 0 Å². The lowest BCUT2D eigenvalue weighted by Gasteiger charge is -2.10. The molecule has 0 radical (unpaired) electrons. The third kappa shape index (κ3) is 3.01. The van der Waals surface area contributed by atoms with Gasteiger partial charge in [0.05, 0.1) is 5.56 Å². The van der Waals surface area contributed by atoms with E-state index in [4.69, 9.17) is 0 Å². The van der Waals surface area contributed by atoms with Crippen LogP contribution >= 0.6 is 15.9 Å². The summed E-state index contributed by atoms with van der Waals surface area (Å²) in [7, 11) is 0. The Morgan fingerprint density at radius 2 is 1.95 bits per heavy atom. The third-order valence-corrected chi connectivity index (χ3v) is 3.57. The lowest BCUT2D eigenvalue weighted by Crippen LogP contribution is -2.14. The normalized spacial score (nSPS) is 10.3. The van der Waals surface area contributed by atoms with Gasteiger partial charge in [-0.25, -0.2) is 4.39 Å². The van der Waals surface area contributed by atoms with E-state index in [1.54, 1.807) is 25.1 Å². The number of benzene rings is 2. The minimum Gasteiger partial charge on any atom is -0.322 e. The number of carbonyl (C=O) groups is 1. The molecule has 0 aliphatic carbocycles. The molecule has 0 aliphatic rings. The lowest BCUT2D eigenvalue weighted by molar-refractivity contribution is 0.102. The molecule has 0 aromatic heterocycles. The first-order chi connectivity index (χ1) is 8.99. The van der Waals surface area contributed by atoms with Crippen LogP contribution in [0.15, 0.2) is 40.9 Å². The van der Waals surface area contributed by atoms with Gasteiger partial charge in [-0.15, -0.1) is 0 Å². The largest absolute Gasteiger partial charge is 0.322 e. The van der Waals surface area contributed by atoms with Crippen LogP contribution in [0, 0.1) is 19.7 Å². The predicted octanol–water partition coefficient (Wildman–Crippen LogP) is 4.46. The summed E-state index contributed by atoms with van der Waals surface area (Å²) in [5.74, 6) is -0.592. The van der Waals surface area contributed by atoms with Gasteiger partial charge in [0.2, 0.25) is 0 Å². The van der Waals surface area contributed by atoms with Gasteiger partial charge in [0.15, 0.2) is 0 Å². The molecule has 2 rings (SSSR count). The standard InChI is InChI=1S/C15H13BrFNO/c1-9-6-7-12(16)11(8-9)15(19)18-14-5-3-4-13(17)10(14)2/h3-8H,1-2H3,(H,18,19). The van der Waals surface area contributed by atoms with Gasteiger partial charge in [0.1, 0.15) is 5.82 Å². The smallest absolute Gasteiger partial charge is 0.256 e. The van der Waals surface area contributed by atoms with Crippen molar-refractivity contribution in [1.82, 2.24) is 0 Å². The van der Waals surface area contributed by atoms with E-state index in [2.05, 4.69) is 21.2 Å².